The maximum Gasteiger partial charge on any atom is 0.221 e. The van der Waals surface area contributed by atoms with Gasteiger partial charge in [-0.2, -0.15) is 0 Å². The zero-order valence-corrected chi connectivity index (χ0v) is 17.4. The van der Waals surface area contributed by atoms with Crippen LogP contribution in [0.1, 0.15) is 37.1 Å². The molecule has 1 fully saturated rings. The number of methoxy groups -OCH3 is 1. The highest BCUT2D eigenvalue weighted by atomic mass is 32.2. The van der Waals surface area contributed by atoms with Crippen molar-refractivity contribution in [2.45, 2.75) is 37.3 Å². The number of carbonyl (C=O) groups is 1. The van der Waals surface area contributed by atoms with Crippen molar-refractivity contribution >= 4 is 23.4 Å². The van der Waals surface area contributed by atoms with Gasteiger partial charge < -0.3 is 10.1 Å². The summed E-state index contributed by atoms with van der Waals surface area (Å²) in [6, 6.07) is 16.0. The fourth-order valence-electron chi connectivity index (χ4n) is 3.20. The number of benzene rings is 2. The van der Waals surface area contributed by atoms with Gasteiger partial charge in [0.2, 0.25) is 5.91 Å². The van der Waals surface area contributed by atoms with E-state index in [9.17, 15) is 4.79 Å². The number of nitrogens with zero attached hydrogens (tertiary/aromatic N) is 3. The number of hydrogen-bond acceptors (Lipinski definition) is 5. The van der Waals surface area contributed by atoms with Crippen LogP contribution in [0.2, 0.25) is 0 Å². The second-order valence-electron chi connectivity index (χ2n) is 7.13. The van der Waals surface area contributed by atoms with Gasteiger partial charge in [-0.25, -0.2) is 0 Å². The number of ether oxygens (including phenoxy) is 1. The van der Waals surface area contributed by atoms with Crippen LogP contribution in [0, 0.1) is 0 Å². The molecule has 1 saturated carbocycles. The summed E-state index contributed by atoms with van der Waals surface area (Å²) in [7, 11) is 1.68. The standard InChI is InChI=1S/C22H24N4O2S/c1-15(27)23-18-4-3-5-19(14-18)26-21(17-8-9-17)24-25-22(26)29-13-12-16-6-10-20(28-2)11-7-16/h3-7,10-11,14,17H,8-9,12-13H2,1-2H3,(H,23,27). The fourth-order valence-corrected chi connectivity index (χ4v) is 4.15. The minimum atomic E-state index is -0.0811. The predicted octanol–water partition coefficient (Wildman–Crippen LogP) is 4.45. The van der Waals surface area contributed by atoms with Gasteiger partial charge in [0.1, 0.15) is 11.6 Å². The summed E-state index contributed by atoms with van der Waals surface area (Å²) in [6.07, 6.45) is 3.24. The van der Waals surface area contributed by atoms with Gasteiger partial charge in [0, 0.05) is 24.3 Å². The number of anilines is 1. The van der Waals surface area contributed by atoms with Crippen molar-refractivity contribution in [2.75, 3.05) is 18.2 Å². The van der Waals surface area contributed by atoms with Crippen molar-refractivity contribution < 1.29 is 9.53 Å². The molecule has 0 radical (unpaired) electrons. The maximum absolute atomic E-state index is 11.4. The maximum atomic E-state index is 11.4. The van der Waals surface area contributed by atoms with Gasteiger partial charge in [-0.15, -0.1) is 10.2 Å². The van der Waals surface area contributed by atoms with Crippen molar-refractivity contribution in [3.05, 3.63) is 59.9 Å². The van der Waals surface area contributed by atoms with Gasteiger partial charge in [-0.05, 0) is 55.2 Å². The van der Waals surface area contributed by atoms with Crippen LogP contribution in [0.25, 0.3) is 5.69 Å². The molecule has 1 heterocycles. The molecule has 1 aliphatic carbocycles. The first-order chi connectivity index (χ1) is 14.1. The average Bonchev–Trinajstić information content (AvgIpc) is 3.48. The number of carbonyl (C=O) groups excluding carboxylic acids is 1. The summed E-state index contributed by atoms with van der Waals surface area (Å²) >= 11 is 1.70. The molecular formula is C22H24N4O2S. The van der Waals surface area contributed by atoms with Crippen LogP contribution in [-0.2, 0) is 11.2 Å². The van der Waals surface area contributed by atoms with E-state index < -0.39 is 0 Å². The molecule has 3 aromatic rings. The van der Waals surface area contributed by atoms with E-state index >= 15 is 0 Å². The zero-order valence-electron chi connectivity index (χ0n) is 16.6. The SMILES string of the molecule is COc1ccc(CCSc2nnc(C3CC3)n2-c2cccc(NC(C)=O)c2)cc1. The number of thioether (sulfide) groups is 1. The normalized spacial score (nSPS) is 13.3. The Kier molecular flexibility index (Phi) is 5.85. The van der Waals surface area contributed by atoms with E-state index in [2.05, 4.69) is 32.2 Å². The first-order valence-electron chi connectivity index (χ1n) is 9.73. The van der Waals surface area contributed by atoms with E-state index in [0.717, 1.165) is 53.1 Å². The number of nitrogens with one attached hydrogen (secondary N) is 1. The van der Waals surface area contributed by atoms with Crippen LogP contribution < -0.4 is 10.1 Å². The molecule has 150 valence electrons. The Morgan fingerprint density at radius 2 is 2.00 bits per heavy atom. The second-order valence-corrected chi connectivity index (χ2v) is 8.19. The molecule has 0 aliphatic heterocycles. The van der Waals surface area contributed by atoms with E-state index in [4.69, 9.17) is 4.74 Å². The first-order valence-corrected chi connectivity index (χ1v) is 10.7. The molecule has 6 nitrogen and oxygen atoms in total. The Hall–Kier alpha value is -2.80. The van der Waals surface area contributed by atoms with Crippen LogP contribution in [0.5, 0.6) is 5.75 Å². The van der Waals surface area contributed by atoms with Crippen molar-refractivity contribution in [3.63, 3.8) is 0 Å². The number of hydrogen-bond donors (Lipinski definition) is 1. The molecular weight excluding hydrogens is 384 g/mol. The van der Waals surface area contributed by atoms with Gasteiger partial charge in [0.05, 0.1) is 12.8 Å². The molecule has 4 rings (SSSR count). The van der Waals surface area contributed by atoms with E-state index in [-0.39, 0.29) is 5.91 Å². The topological polar surface area (TPSA) is 69.0 Å². The number of aromatic nitrogens is 3. The Labute approximate surface area is 174 Å². The zero-order chi connectivity index (χ0) is 20.2. The van der Waals surface area contributed by atoms with Crippen LogP contribution in [0.3, 0.4) is 0 Å². The lowest BCUT2D eigenvalue weighted by Crippen LogP contribution is -2.07. The molecule has 0 saturated heterocycles. The van der Waals surface area contributed by atoms with Gasteiger partial charge in [-0.3, -0.25) is 9.36 Å². The molecule has 0 unspecified atom stereocenters. The number of amides is 1. The van der Waals surface area contributed by atoms with Crippen LogP contribution in [0.15, 0.2) is 53.7 Å². The Bertz CT molecular complexity index is 996. The third-order valence-corrected chi connectivity index (χ3v) is 5.74. The lowest BCUT2D eigenvalue weighted by molar-refractivity contribution is -0.114. The van der Waals surface area contributed by atoms with E-state index in [1.165, 1.54) is 12.5 Å². The monoisotopic (exact) mass is 408 g/mol. The number of rotatable bonds is 8. The van der Waals surface area contributed by atoms with E-state index in [1.807, 2.05) is 36.4 Å². The molecule has 0 spiro atoms. The Morgan fingerprint density at radius 1 is 1.21 bits per heavy atom. The summed E-state index contributed by atoms with van der Waals surface area (Å²) in [5, 5.41) is 12.7. The summed E-state index contributed by atoms with van der Waals surface area (Å²) < 4.78 is 7.36. The Morgan fingerprint density at radius 3 is 2.69 bits per heavy atom. The molecule has 7 heteroatoms. The molecule has 1 aliphatic rings. The quantitative estimate of drug-likeness (QED) is 0.558. The van der Waals surface area contributed by atoms with Crippen molar-refractivity contribution in [1.82, 2.24) is 14.8 Å². The summed E-state index contributed by atoms with van der Waals surface area (Å²) in [5.41, 5.74) is 3.02. The Balaban J connectivity index is 1.52. The molecule has 1 amide bonds. The molecule has 1 aromatic heterocycles. The molecule has 1 N–H and O–H groups in total. The molecule has 0 bridgehead atoms. The predicted molar refractivity (Wildman–Crippen MR) is 115 cm³/mol. The molecule has 29 heavy (non-hydrogen) atoms. The van der Waals surface area contributed by atoms with Crippen LogP contribution in [0.4, 0.5) is 5.69 Å². The van der Waals surface area contributed by atoms with Gasteiger partial charge in [-0.1, -0.05) is 30.0 Å². The average molecular weight is 409 g/mol. The third-order valence-electron chi connectivity index (χ3n) is 4.81. The lowest BCUT2D eigenvalue weighted by Gasteiger charge is -2.12. The largest absolute Gasteiger partial charge is 0.497 e. The van der Waals surface area contributed by atoms with E-state index in [1.54, 1.807) is 18.9 Å². The fraction of sp³-hybridized carbons (Fsp3) is 0.318. The van der Waals surface area contributed by atoms with Gasteiger partial charge in [0.25, 0.3) is 0 Å². The van der Waals surface area contributed by atoms with Crippen molar-refractivity contribution in [2.24, 2.45) is 0 Å². The minimum absolute atomic E-state index is 0.0811. The van der Waals surface area contributed by atoms with Crippen molar-refractivity contribution in [1.29, 1.82) is 0 Å². The van der Waals surface area contributed by atoms with Crippen molar-refractivity contribution in [3.8, 4) is 11.4 Å². The van der Waals surface area contributed by atoms with E-state index in [0.29, 0.717) is 5.92 Å². The van der Waals surface area contributed by atoms with Crippen LogP contribution >= 0.6 is 11.8 Å². The van der Waals surface area contributed by atoms with Crippen LogP contribution in [-0.4, -0.2) is 33.5 Å². The smallest absolute Gasteiger partial charge is 0.221 e. The summed E-state index contributed by atoms with van der Waals surface area (Å²) in [4.78, 5) is 11.4. The lowest BCUT2D eigenvalue weighted by atomic mass is 10.2. The second kappa shape index (κ2) is 8.69. The minimum Gasteiger partial charge on any atom is -0.497 e. The summed E-state index contributed by atoms with van der Waals surface area (Å²) in [6.45, 7) is 1.52. The first kappa shape index (κ1) is 19.5. The van der Waals surface area contributed by atoms with Gasteiger partial charge >= 0.3 is 0 Å². The summed E-state index contributed by atoms with van der Waals surface area (Å²) in [5.74, 6) is 3.18. The molecule has 2 aromatic carbocycles. The highest BCUT2D eigenvalue weighted by molar-refractivity contribution is 7.99. The molecule has 0 atom stereocenters. The third kappa shape index (κ3) is 4.79. The number of aryl methyl sites for hydroxylation is 1. The highest BCUT2D eigenvalue weighted by Gasteiger charge is 2.31. The van der Waals surface area contributed by atoms with Gasteiger partial charge in [0.15, 0.2) is 5.16 Å². The highest BCUT2D eigenvalue weighted by Crippen LogP contribution is 2.41.